The molecule has 43 heavy (non-hydrogen) atoms. The first-order chi connectivity index (χ1) is 20.3. The number of benzene rings is 3. The fourth-order valence-electron chi connectivity index (χ4n) is 5.77. The Morgan fingerprint density at radius 3 is 1.91 bits per heavy atom. The van der Waals surface area contributed by atoms with Crippen molar-refractivity contribution in [3.05, 3.63) is 96.3 Å². The standard InChI is InChI=1S/C35H45FN2O4Si/c1-34(2,3)42-33(40)37-29(21-22-38-23-27(24-38)32(39)26-17-19-28(36)20-18-26)25-41-43(35(4,5)6,30-13-9-7-10-14-30)31-15-11-8-12-16-31/h7-20,27,29H,21-25H2,1-6H3,(H,37,40)/t29-/m0/s1. The van der Waals surface area contributed by atoms with Gasteiger partial charge in [-0.3, -0.25) is 4.79 Å². The van der Waals surface area contributed by atoms with Crippen LogP contribution in [0.1, 0.15) is 58.3 Å². The van der Waals surface area contributed by atoms with Crippen LogP contribution in [0.4, 0.5) is 9.18 Å². The number of halogens is 1. The van der Waals surface area contributed by atoms with E-state index in [0.29, 0.717) is 38.2 Å². The minimum atomic E-state index is -2.81. The van der Waals surface area contributed by atoms with Gasteiger partial charge in [-0.2, -0.15) is 0 Å². The summed E-state index contributed by atoms with van der Waals surface area (Å²) in [6.45, 7) is 14.5. The third kappa shape index (κ3) is 8.19. The lowest BCUT2D eigenvalue weighted by Crippen LogP contribution is -2.67. The molecule has 4 rings (SSSR count). The van der Waals surface area contributed by atoms with E-state index in [-0.39, 0.29) is 28.6 Å². The predicted octanol–water partition coefficient (Wildman–Crippen LogP) is 5.80. The molecular weight excluding hydrogens is 559 g/mol. The lowest BCUT2D eigenvalue weighted by atomic mass is 9.90. The molecule has 0 aromatic heterocycles. The zero-order chi connectivity index (χ0) is 31.3. The van der Waals surface area contributed by atoms with E-state index in [1.807, 2.05) is 32.9 Å². The van der Waals surface area contributed by atoms with Gasteiger partial charge in [-0.1, -0.05) is 81.4 Å². The van der Waals surface area contributed by atoms with Crippen LogP contribution in [0.2, 0.25) is 5.04 Å². The molecule has 0 radical (unpaired) electrons. The number of Topliss-reactive ketones (excluding diaryl/α,β-unsaturated/α-hetero) is 1. The normalized spacial score (nSPS) is 15.4. The van der Waals surface area contributed by atoms with Crippen LogP contribution < -0.4 is 15.7 Å². The number of nitrogens with zero attached hydrogens (tertiary/aromatic N) is 1. The third-order valence-corrected chi connectivity index (χ3v) is 12.9. The van der Waals surface area contributed by atoms with E-state index in [9.17, 15) is 14.0 Å². The average molecular weight is 605 g/mol. The Bertz CT molecular complexity index is 1310. The summed E-state index contributed by atoms with van der Waals surface area (Å²) in [5.41, 5.74) is -0.0898. The smallest absolute Gasteiger partial charge is 0.407 e. The van der Waals surface area contributed by atoms with E-state index in [1.54, 1.807) is 12.1 Å². The fraction of sp³-hybridized carbons (Fsp3) is 0.429. The van der Waals surface area contributed by atoms with Gasteiger partial charge in [0, 0.05) is 31.1 Å². The maximum absolute atomic E-state index is 13.3. The Balaban J connectivity index is 1.50. The van der Waals surface area contributed by atoms with Crippen molar-refractivity contribution in [1.82, 2.24) is 10.2 Å². The second kappa shape index (κ2) is 13.5. The first kappa shape index (κ1) is 32.6. The highest BCUT2D eigenvalue weighted by molar-refractivity contribution is 6.99. The Kier molecular flexibility index (Phi) is 10.3. The minimum absolute atomic E-state index is 0.0368. The number of alkyl carbamates (subject to hydrolysis) is 1. The average Bonchev–Trinajstić information content (AvgIpc) is 2.92. The maximum Gasteiger partial charge on any atom is 0.407 e. The van der Waals surface area contributed by atoms with Crippen LogP contribution >= 0.6 is 0 Å². The van der Waals surface area contributed by atoms with Gasteiger partial charge in [0.25, 0.3) is 8.32 Å². The van der Waals surface area contributed by atoms with E-state index in [4.69, 9.17) is 9.16 Å². The van der Waals surface area contributed by atoms with Gasteiger partial charge in [-0.05, 0) is 66.9 Å². The van der Waals surface area contributed by atoms with Crippen molar-refractivity contribution in [3.8, 4) is 0 Å². The number of ketones is 1. The molecule has 8 heteroatoms. The van der Waals surface area contributed by atoms with Gasteiger partial charge in [0.05, 0.1) is 12.6 Å². The van der Waals surface area contributed by atoms with E-state index < -0.39 is 20.0 Å². The summed E-state index contributed by atoms with van der Waals surface area (Å²) in [5.74, 6) is -0.429. The lowest BCUT2D eigenvalue weighted by Gasteiger charge is -2.44. The number of likely N-dealkylation sites (tertiary alicyclic amines) is 1. The molecule has 0 saturated carbocycles. The topological polar surface area (TPSA) is 67.9 Å². The molecule has 1 fully saturated rings. The van der Waals surface area contributed by atoms with E-state index >= 15 is 0 Å². The second-order valence-corrected chi connectivity index (χ2v) is 17.7. The summed E-state index contributed by atoms with van der Waals surface area (Å²) >= 11 is 0. The molecule has 1 heterocycles. The molecule has 230 valence electrons. The molecule has 1 saturated heterocycles. The lowest BCUT2D eigenvalue weighted by molar-refractivity contribution is 0.0457. The van der Waals surface area contributed by atoms with Crippen molar-refractivity contribution in [1.29, 1.82) is 0 Å². The summed E-state index contributed by atoms with van der Waals surface area (Å²) < 4.78 is 26.0. The summed E-state index contributed by atoms with van der Waals surface area (Å²) in [6, 6.07) is 26.3. The zero-order valence-corrected chi connectivity index (χ0v) is 27.2. The zero-order valence-electron chi connectivity index (χ0n) is 26.2. The molecule has 0 bridgehead atoms. The highest BCUT2D eigenvalue weighted by Crippen LogP contribution is 2.37. The highest BCUT2D eigenvalue weighted by atomic mass is 28.4. The van der Waals surface area contributed by atoms with Crippen LogP contribution in [-0.4, -0.2) is 63.0 Å². The van der Waals surface area contributed by atoms with Gasteiger partial charge in [0.15, 0.2) is 5.78 Å². The van der Waals surface area contributed by atoms with E-state index in [0.717, 1.165) is 0 Å². The summed E-state index contributed by atoms with van der Waals surface area (Å²) in [4.78, 5) is 28.0. The van der Waals surface area contributed by atoms with Crippen molar-refractivity contribution >= 4 is 30.6 Å². The van der Waals surface area contributed by atoms with Crippen molar-refractivity contribution in [3.63, 3.8) is 0 Å². The van der Waals surface area contributed by atoms with Crippen molar-refractivity contribution in [2.75, 3.05) is 26.2 Å². The third-order valence-electron chi connectivity index (χ3n) is 7.89. The Hall–Kier alpha value is -3.33. The summed E-state index contributed by atoms with van der Waals surface area (Å²) in [6.07, 6.45) is 0.158. The molecular formula is C35H45FN2O4Si. The highest BCUT2D eigenvalue weighted by Gasteiger charge is 2.50. The number of ether oxygens (including phenoxy) is 1. The molecule has 1 amide bonds. The van der Waals surface area contributed by atoms with Crippen LogP contribution in [0, 0.1) is 11.7 Å². The van der Waals surface area contributed by atoms with E-state index in [2.05, 4.69) is 79.5 Å². The van der Waals surface area contributed by atoms with Gasteiger partial charge >= 0.3 is 6.09 Å². The second-order valence-electron chi connectivity index (χ2n) is 13.4. The summed E-state index contributed by atoms with van der Waals surface area (Å²) in [5, 5.41) is 5.23. The van der Waals surface area contributed by atoms with Gasteiger partial charge < -0.3 is 19.4 Å². The SMILES string of the molecule is CC(C)(C)OC(=O)N[C@@H](CCN1CC(C(=O)c2ccc(F)cc2)C1)CO[Si](c1ccccc1)(c1ccccc1)C(C)(C)C. The maximum atomic E-state index is 13.3. The molecule has 1 N–H and O–H groups in total. The molecule has 1 aliphatic heterocycles. The molecule has 3 aromatic carbocycles. The Labute approximate surface area is 256 Å². The molecule has 0 aliphatic carbocycles. The first-order valence-corrected chi connectivity index (χ1v) is 17.0. The largest absolute Gasteiger partial charge is 0.444 e. The van der Waals surface area contributed by atoms with Gasteiger partial charge in [0.2, 0.25) is 0 Å². The quantitative estimate of drug-likeness (QED) is 0.221. The number of nitrogens with one attached hydrogen (secondary N) is 1. The van der Waals surface area contributed by atoms with Crippen LogP contribution in [0.3, 0.4) is 0 Å². The number of hydrogen-bond donors (Lipinski definition) is 1. The van der Waals surface area contributed by atoms with Crippen LogP contribution in [-0.2, 0) is 9.16 Å². The molecule has 1 aliphatic rings. The van der Waals surface area contributed by atoms with Gasteiger partial charge in [0.1, 0.15) is 11.4 Å². The number of hydrogen-bond acceptors (Lipinski definition) is 5. The first-order valence-electron chi connectivity index (χ1n) is 15.1. The number of carbonyl (C=O) groups is 2. The minimum Gasteiger partial charge on any atom is -0.444 e. The van der Waals surface area contributed by atoms with Gasteiger partial charge in [-0.15, -0.1) is 0 Å². The van der Waals surface area contributed by atoms with Gasteiger partial charge in [-0.25, -0.2) is 9.18 Å². The molecule has 3 aromatic rings. The van der Waals surface area contributed by atoms with E-state index in [1.165, 1.54) is 22.5 Å². The fourth-order valence-corrected chi connectivity index (χ4v) is 10.4. The van der Waals surface area contributed by atoms with Crippen molar-refractivity contribution < 1.29 is 23.1 Å². The summed E-state index contributed by atoms with van der Waals surface area (Å²) in [7, 11) is -2.81. The van der Waals surface area contributed by atoms with Crippen LogP contribution in [0.5, 0.6) is 0 Å². The molecule has 0 unspecified atom stereocenters. The van der Waals surface area contributed by atoms with Crippen LogP contribution in [0.25, 0.3) is 0 Å². The number of rotatable bonds is 11. The van der Waals surface area contributed by atoms with Crippen molar-refractivity contribution in [2.24, 2.45) is 5.92 Å². The number of amides is 1. The Morgan fingerprint density at radius 1 is 0.884 bits per heavy atom. The Morgan fingerprint density at radius 2 is 1.42 bits per heavy atom. The number of carbonyl (C=O) groups excluding carboxylic acids is 2. The van der Waals surface area contributed by atoms with Crippen molar-refractivity contribution in [2.45, 2.75) is 64.6 Å². The molecule has 1 atom stereocenters. The molecule has 0 spiro atoms. The molecule has 6 nitrogen and oxygen atoms in total. The monoisotopic (exact) mass is 604 g/mol. The van der Waals surface area contributed by atoms with Crippen LogP contribution in [0.15, 0.2) is 84.9 Å². The predicted molar refractivity (Wildman–Crippen MR) is 172 cm³/mol.